The molecule has 0 radical (unpaired) electrons. The molecule has 1 unspecified atom stereocenters. The van der Waals surface area contributed by atoms with Gasteiger partial charge in [-0.15, -0.1) is 6.42 Å². The minimum atomic E-state index is -0.929. The normalized spacial score (nSPS) is 13.0. The third kappa shape index (κ3) is 6.15. The first kappa shape index (κ1) is 20.5. The van der Waals surface area contributed by atoms with Gasteiger partial charge in [0.15, 0.2) is 0 Å². The molecule has 1 aromatic carbocycles. The number of benzene rings is 1. The number of anilines is 1. The van der Waals surface area contributed by atoms with E-state index >= 15 is 0 Å². The van der Waals surface area contributed by atoms with Crippen molar-refractivity contribution in [1.29, 1.82) is 0 Å². The fourth-order valence-corrected chi connectivity index (χ4v) is 3.99. The second kappa shape index (κ2) is 8.51. The lowest BCUT2D eigenvalue weighted by Crippen LogP contribution is -2.33. The SMILES string of the molecule is C#CP(Nc1ccc(C(=O)OC(C)(C)C)cc1)N(C(C)C)C(C)C. The van der Waals surface area contributed by atoms with Gasteiger partial charge in [-0.05, 0) is 78.4 Å². The minimum Gasteiger partial charge on any atom is -0.456 e. The fourth-order valence-electron chi connectivity index (χ4n) is 2.35. The average molecular weight is 348 g/mol. The quantitative estimate of drug-likeness (QED) is 0.442. The predicted molar refractivity (Wildman–Crippen MR) is 103 cm³/mol. The molecule has 0 saturated carbocycles. The van der Waals surface area contributed by atoms with Gasteiger partial charge < -0.3 is 9.82 Å². The Labute approximate surface area is 147 Å². The molecule has 0 heterocycles. The summed E-state index contributed by atoms with van der Waals surface area (Å²) < 4.78 is 7.66. The van der Waals surface area contributed by atoms with Gasteiger partial charge in [-0.2, -0.15) is 0 Å². The minimum absolute atomic E-state index is 0.320. The highest BCUT2D eigenvalue weighted by Gasteiger charge is 2.23. The number of carbonyl (C=O) groups is 1. The molecule has 5 heteroatoms. The largest absolute Gasteiger partial charge is 0.456 e. The van der Waals surface area contributed by atoms with Gasteiger partial charge in [-0.1, -0.05) is 0 Å². The van der Waals surface area contributed by atoms with Crippen LogP contribution in [0.5, 0.6) is 0 Å². The van der Waals surface area contributed by atoms with Crippen LogP contribution in [0.25, 0.3) is 0 Å². The predicted octanol–water partition coefficient (Wildman–Crippen LogP) is 5.08. The Morgan fingerprint density at radius 3 is 2.04 bits per heavy atom. The highest BCUT2D eigenvalue weighted by atomic mass is 31.1. The van der Waals surface area contributed by atoms with Gasteiger partial charge >= 0.3 is 5.97 Å². The van der Waals surface area contributed by atoms with E-state index in [1.807, 2.05) is 32.9 Å². The summed E-state index contributed by atoms with van der Waals surface area (Å²) >= 11 is 0. The molecule has 0 aliphatic carbocycles. The molecule has 0 fully saturated rings. The number of rotatable bonds is 6. The number of carbonyl (C=O) groups excluding carboxylic acids is 1. The van der Waals surface area contributed by atoms with Crippen molar-refractivity contribution in [2.45, 2.75) is 66.2 Å². The molecule has 4 nitrogen and oxygen atoms in total. The van der Waals surface area contributed by atoms with E-state index in [1.54, 1.807) is 12.1 Å². The van der Waals surface area contributed by atoms with Gasteiger partial charge in [0.2, 0.25) is 0 Å². The van der Waals surface area contributed by atoms with Gasteiger partial charge in [0.25, 0.3) is 0 Å². The Bertz CT molecular complexity index is 575. The molecule has 1 aromatic rings. The van der Waals surface area contributed by atoms with Gasteiger partial charge in [0.1, 0.15) is 13.8 Å². The summed E-state index contributed by atoms with van der Waals surface area (Å²) in [7, 11) is -0.929. The summed E-state index contributed by atoms with van der Waals surface area (Å²) in [5.74, 6) is -0.320. The molecule has 0 bridgehead atoms. The number of nitrogens with zero attached hydrogens (tertiary/aromatic N) is 1. The van der Waals surface area contributed by atoms with Crippen LogP contribution >= 0.6 is 8.22 Å². The Morgan fingerprint density at radius 1 is 1.17 bits per heavy atom. The van der Waals surface area contributed by atoms with Gasteiger partial charge in [-0.25, -0.2) is 4.79 Å². The second-order valence-corrected chi connectivity index (χ2v) is 8.77. The summed E-state index contributed by atoms with van der Waals surface area (Å²) in [6.45, 7) is 14.1. The van der Waals surface area contributed by atoms with Crippen LogP contribution in [-0.2, 0) is 4.74 Å². The van der Waals surface area contributed by atoms with Crippen LogP contribution in [-0.4, -0.2) is 28.3 Å². The molecule has 0 aromatic heterocycles. The van der Waals surface area contributed by atoms with E-state index in [2.05, 4.69) is 43.1 Å². The topological polar surface area (TPSA) is 41.6 Å². The van der Waals surface area contributed by atoms with Crippen molar-refractivity contribution >= 4 is 19.9 Å². The summed E-state index contributed by atoms with van der Waals surface area (Å²) in [6, 6.07) is 7.95. The molecule has 0 aliphatic rings. The molecule has 0 spiro atoms. The van der Waals surface area contributed by atoms with Gasteiger partial charge in [-0.3, -0.25) is 4.67 Å². The number of terminal acetylenes is 1. The third-order valence-electron chi connectivity index (χ3n) is 3.17. The summed E-state index contributed by atoms with van der Waals surface area (Å²) in [5.41, 5.74) is 3.80. The van der Waals surface area contributed by atoms with Crippen LogP contribution in [0.4, 0.5) is 5.69 Å². The first-order chi connectivity index (χ1) is 11.0. The van der Waals surface area contributed by atoms with Crippen LogP contribution in [0.1, 0.15) is 58.8 Å². The highest BCUT2D eigenvalue weighted by Crippen LogP contribution is 2.42. The van der Waals surface area contributed by atoms with E-state index in [-0.39, 0.29) is 5.97 Å². The van der Waals surface area contributed by atoms with Crippen molar-refractivity contribution in [3.63, 3.8) is 0 Å². The van der Waals surface area contributed by atoms with E-state index in [4.69, 9.17) is 11.2 Å². The molecule has 1 rings (SSSR count). The van der Waals surface area contributed by atoms with Crippen molar-refractivity contribution in [2.75, 3.05) is 5.09 Å². The molecular weight excluding hydrogens is 319 g/mol. The molecule has 24 heavy (non-hydrogen) atoms. The van der Waals surface area contributed by atoms with Crippen LogP contribution in [0.15, 0.2) is 24.3 Å². The van der Waals surface area contributed by atoms with Crippen LogP contribution < -0.4 is 5.09 Å². The monoisotopic (exact) mass is 348 g/mol. The summed E-state index contributed by atoms with van der Waals surface area (Å²) in [5, 5.41) is 3.41. The lowest BCUT2D eigenvalue weighted by Gasteiger charge is -2.35. The maximum atomic E-state index is 12.1. The number of hydrogen-bond acceptors (Lipinski definition) is 4. The van der Waals surface area contributed by atoms with Crippen LogP contribution in [0.3, 0.4) is 0 Å². The van der Waals surface area contributed by atoms with E-state index in [1.165, 1.54) is 0 Å². The molecular formula is C19H29N2O2P. The Balaban J connectivity index is 2.86. The van der Waals surface area contributed by atoms with E-state index in [0.717, 1.165) is 5.69 Å². The van der Waals surface area contributed by atoms with Crippen LogP contribution in [0, 0.1) is 12.1 Å². The van der Waals surface area contributed by atoms with E-state index < -0.39 is 13.8 Å². The van der Waals surface area contributed by atoms with Crippen molar-refractivity contribution in [1.82, 2.24) is 4.67 Å². The summed E-state index contributed by atoms with van der Waals surface area (Å²) in [6.07, 6.45) is 5.75. The zero-order chi connectivity index (χ0) is 18.5. The fraction of sp³-hybridized carbons (Fsp3) is 0.526. The van der Waals surface area contributed by atoms with Crippen molar-refractivity contribution in [2.24, 2.45) is 0 Å². The number of nitrogens with one attached hydrogen (secondary N) is 1. The van der Waals surface area contributed by atoms with Crippen molar-refractivity contribution in [3.05, 3.63) is 29.8 Å². The number of ether oxygens (including phenoxy) is 1. The molecule has 0 aliphatic heterocycles. The number of esters is 1. The zero-order valence-electron chi connectivity index (χ0n) is 15.8. The Kier molecular flexibility index (Phi) is 7.27. The van der Waals surface area contributed by atoms with Crippen molar-refractivity contribution in [3.8, 4) is 12.1 Å². The van der Waals surface area contributed by atoms with Crippen molar-refractivity contribution < 1.29 is 9.53 Å². The van der Waals surface area contributed by atoms with E-state index in [0.29, 0.717) is 17.6 Å². The Morgan fingerprint density at radius 2 is 1.67 bits per heavy atom. The van der Waals surface area contributed by atoms with Crippen LogP contribution in [0.2, 0.25) is 0 Å². The number of hydrogen-bond donors (Lipinski definition) is 1. The first-order valence-electron chi connectivity index (χ1n) is 8.20. The molecule has 132 valence electrons. The molecule has 1 atom stereocenters. The first-order valence-corrected chi connectivity index (χ1v) is 9.49. The average Bonchev–Trinajstić information content (AvgIpc) is 2.44. The Hall–Kier alpha value is -1.56. The van der Waals surface area contributed by atoms with Gasteiger partial charge in [0.05, 0.1) is 5.56 Å². The maximum absolute atomic E-state index is 12.1. The third-order valence-corrected chi connectivity index (χ3v) is 5.27. The second-order valence-electron chi connectivity index (χ2n) is 7.20. The maximum Gasteiger partial charge on any atom is 0.338 e. The molecule has 0 amide bonds. The molecule has 0 saturated heterocycles. The molecule has 1 N–H and O–H groups in total. The lowest BCUT2D eigenvalue weighted by atomic mass is 10.1. The summed E-state index contributed by atoms with van der Waals surface area (Å²) in [4.78, 5) is 12.1. The smallest absolute Gasteiger partial charge is 0.338 e. The lowest BCUT2D eigenvalue weighted by molar-refractivity contribution is 0.00696. The zero-order valence-corrected chi connectivity index (χ0v) is 16.6. The standard InChI is InChI=1S/C19H29N2O2P/c1-9-24(21(14(2)3)15(4)5)20-17-12-10-16(11-13-17)18(22)23-19(6,7)8/h1,10-15,20H,2-8H3. The van der Waals surface area contributed by atoms with E-state index in [9.17, 15) is 4.79 Å². The van der Waals surface area contributed by atoms with Gasteiger partial charge in [0, 0.05) is 17.8 Å². The highest BCUT2D eigenvalue weighted by molar-refractivity contribution is 7.62.